The Morgan fingerprint density at radius 2 is 1.91 bits per heavy atom. The van der Waals surface area contributed by atoms with E-state index in [9.17, 15) is 4.79 Å². The number of benzene rings is 2. The number of hydrogen-bond donors (Lipinski definition) is 1. The highest BCUT2D eigenvalue weighted by atomic mass is 16.5. The Morgan fingerprint density at radius 1 is 1.09 bits per heavy atom. The number of carbonyl (C=O) groups excluding carboxylic acids is 1. The molecule has 1 aliphatic heterocycles. The van der Waals surface area contributed by atoms with Crippen molar-refractivity contribution in [3.05, 3.63) is 59.3 Å². The van der Waals surface area contributed by atoms with E-state index in [-0.39, 0.29) is 17.9 Å². The molecule has 6 nitrogen and oxygen atoms in total. The molecular weight excluding hydrogens is 400 g/mol. The minimum atomic E-state index is 0.0435. The summed E-state index contributed by atoms with van der Waals surface area (Å²) in [6, 6.07) is 14.6. The summed E-state index contributed by atoms with van der Waals surface area (Å²) in [4.78, 5) is 24.8. The summed E-state index contributed by atoms with van der Waals surface area (Å²) in [5.74, 6) is 1.76. The molecule has 2 heterocycles. The number of hydrogen-bond acceptors (Lipinski definition) is 5. The van der Waals surface area contributed by atoms with E-state index in [1.165, 1.54) is 11.1 Å². The van der Waals surface area contributed by atoms with Crippen molar-refractivity contribution in [2.24, 2.45) is 5.92 Å². The monoisotopic (exact) mass is 430 g/mol. The second kappa shape index (κ2) is 8.77. The van der Waals surface area contributed by atoms with E-state index in [0.717, 1.165) is 73.5 Å². The summed E-state index contributed by atoms with van der Waals surface area (Å²) in [7, 11) is 1.66. The van der Waals surface area contributed by atoms with Crippen LogP contribution in [0.15, 0.2) is 42.5 Å². The third-order valence-corrected chi connectivity index (χ3v) is 6.92. The van der Waals surface area contributed by atoms with Crippen LogP contribution in [-0.2, 0) is 11.2 Å². The van der Waals surface area contributed by atoms with Gasteiger partial charge in [0.25, 0.3) is 0 Å². The standard InChI is InChI=1S/C26H30N4O2/c1-17-21-11-10-20(32-2)16-24(21)29-26(27-17)30-14-12-19(13-15-30)25(31)28-23-9-5-7-18-6-3-4-8-22(18)23/h3-4,6,8,10-11,16,19,23H,5,7,9,12-15H2,1-2H3,(H,28,31). The second-order valence-electron chi connectivity index (χ2n) is 8.91. The topological polar surface area (TPSA) is 67.3 Å². The van der Waals surface area contributed by atoms with Crippen LogP contribution >= 0.6 is 0 Å². The number of aryl methyl sites for hydroxylation is 2. The number of anilines is 1. The van der Waals surface area contributed by atoms with Crippen molar-refractivity contribution in [2.45, 2.75) is 45.1 Å². The molecule has 0 spiro atoms. The number of nitrogens with one attached hydrogen (secondary N) is 1. The molecule has 0 bridgehead atoms. The second-order valence-corrected chi connectivity index (χ2v) is 8.91. The van der Waals surface area contributed by atoms with E-state index in [0.29, 0.717) is 0 Å². The van der Waals surface area contributed by atoms with Crippen LogP contribution in [0.2, 0.25) is 0 Å². The fraction of sp³-hybridized carbons (Fsp3) is 0.423. The molecule has 1 unspecified atom stereocenters. The molecule has 1 fully saturated rings. The Hall–Kier alpha value is -3.15. The molecule has 6 heteroatoms. The Bertz CT molecular complexity index is 1140. The fourth-order valence-corrected chi connectivity index (χ4v) is 5.06. The number of fused-ring (bicyclic) bond motifs is 2. The Kier molecular flexibility index (Phi) is 5.68. The SMILES string of the molecule is COc1ccc2c(C)nc(N3CCC(C(=O)NC4CCCc5ccccc54)CC3)nc2c1. The molecule has 2 aliphatic rings. The number of piperidine rings is 1. The highest BCUT2D eigenvalue weighted by molar-refractivity contribution is 5.83. The van der Waals surface area contributed by atoms with E-state index in [1.807, 2.05) is 25.1 Å². The van der Waals surface area contributed by atoms with Gasteiger partial charge in [-0.05, 0) is 62.3 Å². The molecule has 32 heavy (non-hydrogen) atoms. The predicted molar refractivity (Wildman–Crippen MR) is 126 cm³/mol. The van der Waals surface area contributed by atoms with Crippen molar-refractivity contribution in [2.75, 3.05) is 25.1 Å². The lowest BCUT2D eigenvalue weighted by Gasteiger charge is -2.33. The number of nitrogens with zero attached hydrogens (tertiary/aromatic N) is 3. The van der Waals surface area contributed by atoms with Gasteiger partial charge in [-0.15, -0.1) is 0 Å². The van der Waals surface area contributed by atoms with Gasteiger partial charge >= 0.3 is 0 Å². The molecule has 0 saturated carbocycles. The van der Waals surface area contributed by atoms with Crippen LogP contribution in [0.1, 0.15) is 48.5 Å². The first-order valence-corrected chi connectivity index (χ1v) is 11.6. The molecule has 1 aliphatic carbocycles. The van der Waals surface area contributed by atoms with E-state index in [1.54, 1.807) is 7.11 Å². The van der Waals surface area contributed by atoms with E-state index >= 15 is 0 Å². The minimum absolute atomic E-state index is 0.0435. The van der Waals surface area contributed by atoms with Crippen LogP contribution < -0.4 is 15.0 Å². The van der Waals surface area contributed by atoms with Crippen molar-refractivity contribution in [1.82, 2.24) is 15.3 Å². The van der Waals surface area contributed by atoms with Crippen molar-refractivity contribution in [1.29, 1.82) is 0 Å². The third kappa shape index (κ3) is 4.01. The average Bonchev–Trinajstić information content (AvgIpc) is 2.84. The summed E-state index contributed by atoms with van der Waals surface area (Å²) in [5, 5.41) is 4.38. The molecule has 1 aromatic heterocycles. The van der Waals surface area contributed by atoms with E-state index in [4.69, 9.17) is 14.7 Å². The van der Waals surface area contributed by atoms with Crippen LogP contribution in [0, 0.1) is 12.8 Å². The molecule has 1 saturated heterocycles. The lowest BCUT2D eigenvalue weighted by molar-refractivity contribution is -0.126. The van der Waals surface area contributed by atoms with Gasteiger partial charge in [-0.2, -0.15) is 0 Å². The summed E-state index contributed by atoms with van der Waals surface area (Å²) in [5.41, 5.74) is 4.52. The van der Waals surface area contributed by atoms with Crippen molar-refractivity contribution in [3.63, 3.8) is 0 Å². The number of amides is 1. The maximum Gasteiger partial charge on any atom is 0.226 e. The lowest BCUT2D eigenvalue weighted by atomic mass is 9.87. The van der Waals surface area contributed by atoms with Gasteiger partial charge in [0.05, 0.1) is 24.4 Å². The molecular formula is C26H30N4O2. The summed E-state index contributed by atoms with van der Waals surface area (Å²) in [6.45, 7) is 3.59. The predicted octanol–water partition coefficient (Wildman–Crippen LogP) is 4.36. The number of ether oxygens (including phenoxy) is 1. The zero-order valence-corrected chi connectivity index (χ0v) is 18.8. The molecule has 3 aromatic rings. The molecule has 1 atom stereocenters. The van der Waals surface area contributed by atoms with Crippen LogP contribution in [-0.4, -0.2) is 36.1 Å². The first kappa shape index (κ1) is 20.7. The zero-order chi connectivity index (χ0) is 22.1. The summed E-state index contributed by atoms with van der Waals surface area (Å²) >= 11 is 0. The Labute approximate surface area is 189 Å². The number of aromatic nitrogens is 2. The molecule has 5 rings (SSSR count). The molecule has 2 aromatic carbocycles. The quantitative estimate of drug-likeness (QED) is 0.666. The van der Waals surface area contributed by atoms with Crippen LogP contribution in [0.25, 0.3) is 10.9 Å². The van der Waals surface area contributed by atoms with Crippen LogP contribution in [0.4, 0.5) is 5.95 Å². The maximum absolute atomic E-state index is 13.0. The largest absolute Gasteiger partial charge is 0.497 e. The smallest absolute Gasteiger partial charge is 0.226 e. The average molecular weight is 431 g/mol. The van der Waals surface area contributed by atoms with E-state index in [2.05, 4.69) is 34.5 Å². The van der Waals surface area contributed by atoms with Crippen molar-refractivity contribution in [3.8, 4) is 5.75 Å². The molecule has 1 N–H and O–H groups in total. The highest BCUT2D eigenvalue weighted by Gasteiger charge is 2.29. The normalized spacial score (nSPS) is 18.9. The van der Waals surface area contributed by atoms with Gasteiger partial charge in [0.2, 0.25) is 11.9 Å². The number of methoxy groups -OCH3 is 1. The lowest BCUT2D eigenvalue weighted by Crippen LogP contribution is -2.42. The first-order chi connectivity index (χ1) is 15.6. The highest BCUT2D eigenvalue weighted by Crippen LogP contribution is 2.31. The van der Waals surface area contributed by atoms with Crippen molar-refractivity contribution >= 4 is 22.8 Å². The Morgan fingerprint density at radius 3 is 2.72 bits per heavy atom. The van der Waals surface area contributed by atoms with Crippen LogP contribution in [0.3, 0.4) is 0 Å². The fourth-order valence-electron chi connectivity index (χ4n) is 5.06. The summed E-state index contributed by atoms with van der Waals surface area (Å²) < 4.78 is 5.35. The molecule has 0 radical (unpaired) electrons. The number of rotatable bonds is 4. The van der Waals surface area contributed by atoms with Crippen LogP contribution in [0.5, 0.6) is 5.75 Å². The van der Waals surface area contributed by atoms with Gasteiger partial charge in [0.1, 0.15) is 5.75 Å². The van der Waals surface area contributed by atoms with Crippen molar-refractivity contribution < 1.29 is 9.53 Å². The Balaban J connectivity index is 1.25. The van der Waals surface area contributed by atoms with Gasteiger partial charge in [0.15, 0.2) is 0 Å². The molecule has 166 valence electrons. The van der Waals surface area contributed by atoms with Gasteiger partial charge in [-0.3, -0.25) is 4.79 Å². The third-order valence-electron chi connectivity index (χ3n) is 6.92. The van der Waals surface area contributed by atoms with Gasteiger partial charge < -0.3 is 15.0 Å². The minimum Gasteiger partial charge on any atom is -0.497 e. The van der Waals surface area contributed by atoms with Gasteiger partial charge in [-0.25, -0.2) is 9.97 Å². The van der Waals surface area contributed by atoms with E-state index < -0.39 is 0 Å². The maximum atomic E-state index is 13.0. The van der Waals surface area contributed by atoms with Gasteiger partial charge in [0, 0.05) is 30.5 Å². The molecule has 1 amide bonds. The zero-order valence-electron chi connectivity index (χ0n) is 18.8. The first-order valence-electron chi connectivity index (χ1n) is 11.6. The number of carbonyl (C=O) groups is 1. The van der Waals surface area contributed by atoms with Gasteiger partial charge in [-0.1, -0.05) is 24.3 Å². The summed E-state index contributed by atoms with van der Waals surface area (Å²) in [6.07, 6.45) is 4.90.